The Morgan fingerprint density at radius 2 is 2.10 bits per heavy atom. The van der Waals surface area contributed by atoms with E-state index in [-0.39, 0.29) is 17.3 Å². The van der Waals surface area contributed by atoms with Gasteiger partial charge in [-0.15, -0.1) is 0 Å². The number of nitrogens with one attached hydrogen (secondary N) is 2. The molecule has 0 aliphatic carbocycles. The molecule has 2 heterocycles. The highest BCUT2D eigenvalue weighted by Crippen LogP contribution is 2.25. The molecule has 1 aliphatic rings. The van der Waals surface area contributed by atoms with Crippen LogP contribution in [0.3, 0.4) is 0 Å². The maximum Gasteiger partial charge on any atom is 0.247 e. The number of amides is 1. The van der Waals surface area contributed by atoms with Crippen LogP contribution in [0, 0.1) is 13.8 Å². The highest BCUT2D eigenvalue weighted by atomic mass is 32.2. The molecule has 8 nitrogen and oxygen atoms in total. The van der Waals surface area contributed by atoms with E-state index in [0.717, 1.165) is 0 Å². The summed E-state index contributed by atoms with van der Waals surface area (Å²) in [6.07, 6.45) is 0. The van der Waals surface area contributed by atoms with Crippen molar-refractivity contribution in [1.29, 1.82) is 0 Å². The van der Waals surface area contributed by atoms with E-state index in [1.807, 2.05) is 0 Å². The number of piperazine rings is 1. The third-order valence-electron chi connectivity index (χ3n) is 3.75. The van der Waals surface area contributed by atoms with E-state index in [1.165, 1.54) is 11.4 Å². The van der Waals surface area contributed by atoms with Crippen molar-refractivity contribution >= 4 is 15.9 Å². The molecule has 1 unspecified atom stereocenters. The van der Waals surface area contributed by atoms with E-state index in [2.05, 4.69) is 15.7 Å². The smallest absolute Gasteiger partial charge is 0.247 e. The Labute approximate surface area is 124 Å². The number of rotatable bonds is 3. The van der Waals surface area contributed by atoms with Gasteiger partial charge in [0.2, 0.25) is 15.9 Å². The minimum Gasteiger partial charge on any atom is -0.358 e. The fraction of sp³-hybridized carbons (Fsp3) is 0.667. The van der Waals surface area contributed by atoms with Crippen LogP contribution in [0.25, 0.3) is 0 Å². The van der Waals surface area contributed by atoms with Crippen LogP contribution in [0.1, 0.15) is 11.4 Å². The van der Waals surface area contributed by atoms with Crippen LogP contribution in [0.15, 0.2) is 4.90 Å². The number of sulfonamides is 1. The summed E-state index contributed by atoms with van der Waals surface area (Å²) < 4.78 is 28.7. The number of hydrogen-bond donors (Lipinski definition) is 2. The molecule has 1 aromatic heterocycles. The Balaban J connectivity index is 2.48. The standard InChI is InChI=1S/C12H21N5O3S/c1-8-11(9(2)16(4)15-8)21(19,20)17-6-5-14-7-10(17)12(18)13-3/h10,14H,5-7H2,1-4H3,(H,13,18). The molecule has 1 fully saturated rings. The van der Waals surface area contributed by atoms with Crippen LogP contribution >= 0.6 is 0 Å². The molecule has 21 heavy (non-hydrogen) atoms. The first-order valence-electron chi connectivity index (χ1n) is 6.75. The predicted molar refractivity (Wildman–Crippen MR) is 77.3 cm³/mol. The van der Waals surface area contributed by atoms with Gasteiger partial charge in [-0.25, -0.2) is 8.42 Å². The molecule has 0 aromatic carbocycles. The maximum absolute atomic E-state index is 12.9. The van der Waals surface area contributed by atoms with Gasteiger partial charge >= 0.3 is 0 Å². The molecule has 0 bridgehead atoms. The molecule has 9 heteroatoms. The molecule has 1 saturated heterocycles. The average Bonchev–Trinajstić information content (AvgIpc) is 2.71. The molecule has 118 valence electrons. The Morgan fingerprint density at radius 1 is 1.43 bits per heavy atom. The normalized spacial score (nSPS) is 20.5. The lowest BCUT2D eigenvalue weighted by Crippen LogP contribution is -2.59. The minimum atomic E-state index is -3.76. The lowest BCUT2D eigenvalue weighted by Gasteiger charge is -2.33. The van der Waals surface area contributed by atoms with Crippen molar-refractivity contribution in [2.24, 2.45) is 7.05 Å². The van der Waals surface area contributed by atoms with Crippen LogP contribution in [-0.2, 0) is 21.9 Å². The van der Waals surface area contributed by atoms with E-state index < -0.39 is 16.1 Å². The van der Waals surface area contributed by atoms with Crippen LogP contribution < -0.4 is 10.6 Å². The maximum atomic E-state index is 12.9. The van der Waals surface area contributed by atoms with Gasteiger partial charge in [-0.2, -0.15) is 9.40 Å². The van der Waals surface area contributed by atoms with Gasteiger partial charge in [0.25, 0.3) is 0 Å². The zero-order valence-corrected chi connectivity index (χ0v) is 13.5. The minimum absolute atomic E-state index is 0.195. The average molecular weight is 315 g/mol. The number of carbonyl (C=O) groups excluding carboxylic acids is 1. The predicted octanol–water partition coefficient (Wildman–Crippen LogP) is -1.25. The Morgan fingerprint density at radius 3 is 2.62 bits per heavy atom. The summed E-state index contributed by atoms with van der Waals surface area (Å²) in [4.78, 5) is 12.1. The van der Waals surface area contributed by atoms with Gasteiger partial charge in [-0.05, 0) is 13.8 Å². The van der Waals surface area contributed by atoms with Crippen molar-refractivity contribution in [3.05, 3.63) is 11.4 Å². The van der Waals surface area contributed by atoms with Gasteiger partial charge in [0.1, 0.15) is 10.9 Å². The van der Waals surface area contributed by atoms with Crippen molar-refractivity contribution in [3.8, 4) is 0 Å². The molecule has 2 N–H and O–H groups in total. The second kappa shape index (κ2) is 5.74. The molecule has 1 aliphatic heterocycles. The number of aryl methyl sites for hydroxylation is 2. The molecule has 1 aromatic rings. The topological polar surface area (TPSA) is 96.3 Å². The summed E-state index contributed by atoms with van der Waals surface area (Å²) in [6, 6.07) is -0.743. The fourth-order valence-electron chi connectivity index (χ4n) is 2.61. The summed E-state index contributed by atoms with van der Waals surface area (Å²) in [5.74, 6) is -0.315. The van der Waals surface area contributed by atoms with Gasteiger partial charge in [0, 0.05) is 33.7 Å². The second-order valence-corrected chi connectivity index (χ2v) is 6.90. The summed E-state index contributed by atoms with van der Waals surface area (Å²) in [5, 5.41) is 9.72. The second-order valence-electron chi connectivity index (χ2n) is 5.07. The SMILES string of the molecule is CNC(=O)C1CNCCN1S(=O)(=O)c1c(C)nn(C)c1C. The van der Waals surface area contributed by atoms with Crippen LogP contribution in [0.5, 0.6) is 0 Å². The summed E-state index contributed by atoms with van der Waals surface area (Å²) in [6.45, 7) is 4.46. The summed E-state index contributed by atoms with van der Waals surface area (Å²) in [7, 11) is -0.552. The first-order valence-corrected chi connectivity index (χ1v) is 8.19. The molecule has 0 saturated carbocycles. The number of aromatic nitrogens is 2. The van der Waals surface area contributed by atoms with E-state index in [9.17, 15) is 13.2 Å². The molecule has 0 radical (unpaired) electrons. The summed E-state index contributed by atoms with van der Waals surface area (Å²) >= 11 is 0. The number of hydrogen-bond acceptors (Lipinski definition) is 5. The van der Waals surface area contributed by atoms with Gasteiger partial charge < -0.3 is 10.6 Å². The molecule has 2 rings (SSSR count). The third kappa shape index (κ3) is 2.68. The molecule has 1 amide bonds. The van der Waals surface area contributed by atoms with Crippen molar-refractivity contribution < 1.29 is 13.2 Å². The summed E-state index contributed by atoms with van der Waals surface area (Å²) in [5.41, 5.74) is 1.02. The monoisotopic (exact) mass is 315 g/mol. The van der Waals surface area contributed by atoms with Crippen LogP contribution in [-0.4, -0.2) is 61.1 Å². The van der Waals surface area contributed by atoms with E-state index in [1.54, 1.807) is 25.6 Å². The van der Waals surface area contributed by atoms with E-state index >= 15 is 0 Å². The van der Waals surface area contributed by atoms with Gasteiger partial charge in [0.15, 0.2) is 0 Å². The molecule has 0 spiro atoms. The highest BCUT2D eigenvalue weighted by molar-refractivity contribution is 7.89. The van der Waals surface area contributed by atoms with Crippen molar-refractivity contribution in [3.63, 3.8) is 0 Å². The van der Waals surface area contributed by atoms with Crippen LogP contribution in [0.4, 0.5) is 0 Å². The lowest BCUT2D eigenvalue weighted by molar-refractivity contribution is -0.124. The third-order valence-corrected chi connectivity index (χ3v) is 5.91. The first-order chi connectivity index (χ1) is 9.80. The number of likely N-dealkylation sites (N-methyl/N-ethyl adjacent to an activating group) is 1. The largest absolute Gasteiger partial charge is 0.358 e. The lowest BCUT2D eigenvalue weighted by atomic mass is 10.2. The Hall–Kier alpha value is -1.45. The van der Waals surface area contributed by atoms with E-state index in [4.69, 9.17) is 0 Å². The van der Waals surface area contributed by atoms with Gasteiger partial charge in [-0.1, -0.05) is 0 Å². The van der Waals surface area contributed by atoms with Crippen molar-refractivity contribution in [2.75, 3.05) is 26.7 Å². The van der Waals surface area contributed by atoms with Crippen LogP contribution in [0.2, 0.25) is 0 Å². The quantitative estimate of drug-likeness (QED) is 0.726. The van der Waals surface area contributed by atoms with Crippen molar-refractivity contribution in [1.82, 2.24) is 24.7 Å². The first kappa shape index (κ1) is 15.9. The Kier molecular flexibility index (Phi) is 4.35. The zero-order valence-electron chi connectivity index (χ0n) is 12.7. The number of nitrogens with zero attached hydrogens (tertiary/aromatic N) is 3. The Bertz CT molecular complexity index is 652. The van der Waals surface area contributed by atoms with Gasteiger partial charge in [0.05, 0.1) is 11.4 Å². The number of carbonyl (C=O) groups is 1. The van der Waals surface area contributed by atoms with Gasteiger partial charge in [-0.3, -0.25) is 9.48 Å². The fourth-order valence-corrected chi connectivity index (χ4v) is 4.60. The van der Waals surface area contributed by atoms with E-state index in [0.29, 0.717) is 24.5 Å². The highest BCUT2D eigenvalue weighted by Gasteiger charge is 2.39. The molecule has 1 atom stereocenters. The zero-order chi connectivity index (χ0) is 15.8. The van der Waals surface area contributed by atoms with Crippen molar-refractivity contribution in [2.45, 2.75) is 24.8 Å². The molecular formula is C12H21N5O3S. The molecular weight excluding hydrogens is 294 g/mol.